The molecule has 0 bridgehead atoms. The first-order chi connectivity index (χ1) is 11.4. The van der Waals surface area contributed by atoms with Gasteiger partial charge in [-0.3, -0.25) is 0 Å². The molecule has 2 atom stereocenters. The zero-order valence-corrected chi connectivity index (χ0v) is 22.2. The zero-order valence-electron chi connectivity index (χ0n) is 20.2. The molecule has 0 N–H and O–H groups in total. The van der Waals surface area contributed by atoms with E-state index in [9.17, 15) is 0 Å². The Hall–Kier alpha value is -0.0862. The highest BCUT2D eigenvalue weighted by molar-refractivity contribution is 7.46. The Morgan fingerprint density at radius 1 is 0.654 bits per heavy atom. The fraction of sp³-hybridized carbons (Fsp3) is 0.833. The lowest BCUT2D eigenvalue weighted by molar-refractivity contribution is 0.548. The molecule has 0 aliphatic carbocycles. The second-order valence-electron chi connectivity index (χ2n) is 12.8. The highest BCUT2D eigenvalue weighted by Crippen LogP contribution is 2.73. The van der Waals surface area contributed by atoms with Crippen molar-refractivity contribution in [3.05, 3.63) is 22.3 Å². The molecule has 26 heavy (non-hydrogen) atoms. The van der Waals surface area contributed by atoms with Crippen LogP contribution < -0.4 is 0 Å². The van der Waals surface area contributed by atoms with Crippen molar-refractivity contribution in [2.45, 2.75) is 129 Å². The van der Waals surface area contributed by atoms with Crippen molar-refractivity contribution >= 4 is 15.2 Å². The molecule has 0 aromatic carbocycles. The highest BCUT2D eigenvalue weighted by Gasteiger charge is 2.73. The van der Waals surface area contributed by atoms with Gasteiger partial charge in [-0.1, -0.05) is 84.6 Å². The minimum Gasteiger partial charge on any atom is -0.0772 e. The van der Waals surface area contributed by atoms with Gasteiger partial charge in [0.05, 0.1) is 15.2 Å². The Kier molecular flexibility index (Phi) is 5.30. The van der Waals surface area contributed by atoms with Gasteiger partial charge in [0.25, 0.3) is 0 Å². The van der Waals surface area contributed by atoms with E-state index in [1.165, 1.54) is 18.5 Å². The Balaban J connectivity index is 2.95. The van der Waals surface area contributed by atoms with E-state index in [4.69, 9.17) is 0 Å². The number of hydrogen-bond acceptors (Lipinski definition) is 0. The molecule has 0 fully saturated rings. The first-order valence-corrected chi connectivity index (χ1v) is 16.2. The lowest BCUT2D eigenvalue weighted by Crippen LogP contribution is -2.77. The van der Waals surface area contributed by atoms with Gasteiger partial charge in [-0.25, -0.2) is 0 Å². The van der Waals surface area contributed by atoms with E-state index in [2.05, 4.69) is 90.0 Å². The molecule has 150 valence electrons. The number of rotatable bonds is 1. The Morgan fingerprint density at radius 2 is 1.04 bits per heavy atom. The number of hydrogen-bond donors (Lipinski definition) is 0. The third kappa shape index (κ3) is 2.72. The fourth-order valence-corrected chi connectivity index (χ4v) is 45.5. The van der Waals surface area contributed by atoms with Gasteiger partial charge < -0.3 is 0 Å². The summed E-state index contributed by atoms with van der Waals surface area (Å²) in [6, 6.07) is 2.95. The molecule has 0 radical (unpaired) electrons. The van der Waals surface area contributed by atoms with E-state index >= 15 is 0 Å². The molecule has 0 saturated carbocycles. The topological polar surface area (TPSA) is 0 Å². The van der Waals surface area contributed by atoms with E-state index < -0.39 is 15.2 Å². The second kappa shape index (κ2) is 6.21. The van der Waals surface area contributed by atoms with Crippen LogP contribution in [0.4, 0.5) is 0 Å². The van der Waals surface area contributed by atoms with Gasteiger partial charge in [0.1, 0.15) is 0 Å². The summed E-state index contributed by atoms with van der Waals surface area (Å²) in [5, 5.41) is 1.26. The Morgan fingerprint density at radius 3 is 1.42 bits per heavy atom. The number of allylic oxidation sites excluding steroid dienone is 4. The average Bonchev–Trinajstić information content (AvgIpc) is 2.58. The average molecular weight is 391 g/mol. The van der Waals surface area contributed by atoms with Crippen LogP contribution in [0, 0.1) is 0 Å². The van der Waals surface area contributed by atoms with Crippen LogP contribution in [0.25, 0.3) is 0 Å². The van der Waals surface area contributed by atoms with Crippen molar-refractivity contribution in [1.82, 2.24) is 0 Å². The summed E-state index contributed by atoms with van der Waals surface area (Å²) in [6.45, 7) is 33.5. The van der Waals surface area contributed by atoms with E-state index in [0.29, 0.717) is 15.1 Å². The quantitative estimate of drug-likeness (QED) is 0.310. The first-order valence-electron chi connectivity index (χ1n) is 10.8. The molecule has 2 heteroatoms. The maximum Gasteiger partial charge on any atom is 0.0649 e. The first kappa shape index (κ1) is 22.2. The van der Waals surface area contributed by atoms with Crippen LogP contribution in [-0.2, 0) is 0 Å². The van der Waals surface area contributed by atoms with Crippen molar-refractivity contribution in [1.29, 1.82) is 0 Å². The maximum absolute atomic E-state index is 2.62. The predicted octanol–water partition coefficient (Wildman–Crippen LogP) is 8.82. The van der Waals surface area contributed by atoms with E-state index in [0.717, 1.165) is 5.54 Å². The Bertz CT molecular complexity index is 607. The van der Waals surface area contributed by atoms with Gasteiger partial charge in [-0.15, -0.1) is 0 Å². The molecule has 0 spiro atoms. The van der Waals surface area contributed by atoms with Crippen molar-refractivity contribution in [2.24, 2.45) is 0 Å². The molecular formula is C24H46Si2. The largest absolute Gasteiger partial charge is 0.0772 e. The van der Waals surface area contributed by atoms with Crippen LogP contribution in [0.15, 0.2) is 22.3 Å². The number of fused-ring (bicyclic) bond motifs is 1. The summed E-state index contributed by atoms with van der Waals surface area (Å²) in [5.41, 5.74) is 7.91. The van der Waals surface area contributed by atoms with E-state index in [-0.39, 0.29) is 0 Å². The standard InChI is InChI=1S/C24H46Si2/c1-17-14-21-20(4)19(3)16-25(21,15-18(17)2)26(22(5,6)7,23(8,9)10)24(11,12)13/h21H,14-16H2,1-13H3. The smallest absolute Gasteiger partial charge is 0.0649 e. The summed E-state index contributed by atoms with van der Waals surface area (Å²) >= 11 is 0. The monoisotopic (exact) mass is 390 g/mol. The summed E-state index contributed by atoms with van der Waals surface area (Å²) in [5.74, 6) is 0. The third-order valence-electron chi connectivity index (χ3n) is 8.38. The molecule has 2 aliphatic heterocycles. The van der Waals surface area contributed by atoms with Gasteiger partial charge in [-0.05, 0) is 66.9 Å². The summed E-state index contributed by atoms with van der Waals surface area (Å²) in [6.07, 6.45) is 1.36. The SMILES string of the molecule is CC1=C(C)C[Si]2([Si](C(C)(C)C)(C(C)(C)C)C(C)(C)C)CC(C)=C(C)C2C1. The Labute approximate surface area is 166 Å². The molecule has 2 unspecified atom stereocenters. The zero-order chi connectivity index (χ0) is 20.5. The van der Waals surface area contributed by atoms with E-state index in [1.807, 2.05) is 0 Å². The van der Waals surface area contributed by atoms with Crippen molar-refractivity contribution in [3.8, 4) is 0 Å². The van der Waals surface area contributed by atoms with Crippen LogP contribution in [0.3, 0.4) is 0 Å². The summed E-state index contributed by atoms with van der Waals surface area (Å²) < 4.78 is 0. The second-order valence-corrected chi connectivity index (χ2v) is 27.7. The van der Waals surface area contributed by atoms with Crippen LogP contribution >= 0.6 is 0 Å². The van der Waals surface area contributed by atoms with Gasteiger partial charge >= 0.3 is 0 Å². The molecule has 0 nitrogen and oxygen atoms in total. The van der Waals surface area contributed by atoms with Crippen LogP contribution in [0.1, 0.15) is 96.4 Å². The van der Waals surface area contributed by atoms with Crippen molar-refractivity contribution < 1.29 is 0 Å². The third-order valence-corrected chi connectivity index (χ3v) is 34.3. The van der Waals surface area contributed by atoms with Crippen LogP contribution in [-0.4, -0.2) is 15.2 Å². The van der Waals surface area contributed by atoms with Gasteiger partial charge in [0.15, 0.2) is 0 Å². The normalized spacial score (nSPS) is 28.7. The molecule has 0 aromatic heterocycles. The van der Waals surface area contributed by atoms with Crippen molar-refractivity contribution in [3.63, 3.8) is 0 Å². The lowest BCUT2D eigenvalue weighted by atomic mass is 10.0. The highest BCUT2D eigenvalue weighted by atomic mass is 29.3. The van der Waals surface area contributed by atoms with Crippen molar-refractivity contribution in [2.75, 3.05) is 0 Å². The maximum atomic E-state index is 2.62. The lowest BCUT2D eigenvalue weighted by Gasteiger charge is -2.69. The summed E-state index contributed by atoms with van der Waals surface area (Å²) in [4.78, 5) is 0. The molecule has 0 aromatic rings. The van der Waals surface area contributed by atoms with E-state index in [1.54, 1.807) is 22.3 Å². The molecule has 2 aliphatic rings. The minimum atomic E-state index is -1.74. The van der Waals surface area contributed by atoms with Gasteiger partial charge in [0.2, 0.25) is 0 Å². The van der Waals surface area contributed by atoms with Gasteiger partial charge in [0, 0.05) is 0 Å². The van der Waals surface area contributed by atoms with Gasteiger partial charge in [-0.2, -0.15) is 0 Å². The molecule has 2 heterocycles. The molecule has 0 saturated heterocycles. The minimum absolute atomic E-state index is 0.421. The molecule has 2 rings (SSSR count). The molecule has 0 amide bonds. The summed E-state index contributed by atoms with van der Waals surface area (Å²) in [7, 11) is -3.30. The molecular weight excluding hydrogens is 344 g/mol. The van der Waals surface area contributed by atoms with Crippen LogP contribution in [0.2, 0.25) is 32.7 Å². The fourth-order valence-electron chi connectivity index (χ4n) is 9.23. The predicted molar refractivity (Wildman–Crippen MR) is 125 cm³/mol. The van der Waals surface area contributed by atoms with Crippen LogP contribution in [0.5, 0.6) is 0 Å².